The Balaban J connectivity index is 0. The molecule has 4 heavy (non-hydrogen) atoms. The third kappa shape index (κ3) is 8.91. The zero-order valence-corrected chi connectivity index (χ0v) is 8.65. The molecule has 0 N–H and O–H groups in total. The minimum absolute atomic E-state index is 0. The molecule has 0 spiro atoms. The van der Waals surface area contributed by atoms with Gasteiger partial charge in [0, 0.05) is 0 Å². The number of halogens is 2. The average molecular weight is 421 g/mol. The van der Waals surface area contributed by atoms with Crippen LogP contribution in [0.1, 0.15) is 0 Å². The zero-order chi connectivity index (χ0) is 0. The monoisotopic (exact) mass is 422 g/mol. The van der Waals surface area contributed by atoms with Crippen molar-refractivity contribution in [3.8, 4) is 0 Å². The molecule has 0 nitrogen and oxygen atoms in total. The van der Waals surface area contributed by atoms with Gasteiger partial charge in [-0.3, -0.25) is 0 Å². The first-order valence-corrected chi connectivity index (χ1v) is 0. The summed E-state index contributed by atoms with van der Waals surface area (Å²) in [6.45, 7) is 0. The van der Waals surface area contributed by atoms with Gasteiger partial charge in [0.15, 0.2) is 0 Å². The molecule has 0 aromatic heterocycles. The van der Waals surface area contributed by atoms with Gasteiger partial charge in [0.2, 0.25) is 0 Å². The molecule has 0 saturated carbocycles. The van der Waals surface area contributed by atoms with Crippen LogP contribution < -0.4 is 0 Å². The van der Waals surface area contributed by atoms with Gasteiger partial charge in [-0.15, -0.1) is 24.8 Å². The normalized spacial score (nSPS) is 0. The van der Waals surface area contributed by atoms with Crippen LogP contribution in [0.3, 0.4) is 0 Å². The van der Waals surface area contributed by atoms with Gasteiger partial charge < -0.3 is 0 Å². The van der Waals surface area contributed by atoms with Gasteiger partial charge >= 0.3 is 76.2 Å². The van der Waals surface area contributed by atoms with E-state index < -0.39 is 0 Å². The summed E-state index contributed by atoms with van der Waals surface area (Å²) in [4.78, 5) is 0. The van der Waals surface area contributed by atoms with E-state index in [1.165, 1.54) is 0 Å². The Morgan fingerprint density at radius 1 is 0.750 bits per heavy atom. The summed E-state index contributed by atoms with van der Waals surface area (Å²) in [7, 11) is 0. The molecule has 26 valence electrons. The van der Waals surface area contributed by atoms with Crippen LogP contribution in [0.4, 0.5) is 0 Å². The van der Waals surface area contributed by atoms with E-state index in [0.717, 1.165) is 0 Å². The Morgan fingerprint density at radius 2 is 0.750 bits per heavy atom. The van der Waals surface area contributed by atoms with Gasteiger partial charge in [-0.2, -0.15) is 0 Å². The molecule has 0 saturated heterocycles. The van der Waals surface area contributed by atoms with Crippen molar-refractivity contribution in [1.29, 1.82) is 0 Å². The Bertz CT molecular complexity index is 6.00. The maximum atomic E-state index is 0. The molecule has 0 heterocycles. The van der Waals surface area contributed by atoms with Gasteiger partial charge in [0.1, 0.15) is 0 Å². The fourth-order valence-electron chi connectivity index (χ4n) is 0. The summed E-state index contributed by atoms with van der Waals surface area (Å²) < 4.78 is 0. The van der Waals surface area contributed by atoms with Crippen molar-refractivity contribution in [3.05, 3.63) is 0 Å². The van der Waals surface area contributed by atoms with Crippen LogP contribution >= 0.6 is 24.8 Å². The van der Waals surface area contributed by atoms with Gasteiger partial charge in [0.05, 0.1) is 0 Å². The molecule has 0 aliphatic rings. The summed E-state index contributed by atoms with van der Waals surface area (Å²) >= 11 is 0. The minimum atomic E-state index is 0. The summed E-state index contributed by atoms with van der Waals surface area (Å²) in [5.74, 6) is 0. The fourth-order valence-corrected chi connectivity index (χ4v) is 0. The van der Waals surface area contributed by atoms with Crippen LogP contribution in [-0.4, -0.2) is 76.2 Å². The van der Waals surface area contributed by atoms with E-state index in [-0.39, 0.29) is 101 Å². The summed E-state index contributed by atoms with van der Waals surface area (Å²) in [6, 6.07) is 0. The first-order chi connectivity index (χ1) is 0. The molecule has 0 aromatic rings. The number of rotatable bonds is 0. The zero-order valence-electron chi connectivity index (χ0n) is 1.52. The van der Waals surface area contributed by atoms with Crippen molar-refractivity contribution in [1.82, 2.24) is 0 Å². The van der Waals surface area contributed by atoms with Gasteiger partial charge in [-0.1, -0.05) is 0 Å². The van der Waals surface area contributed by atoms with Crippen LogP contribution in [0.5, 0.6) is 0 Å². The Morgan fingerprint density at radius 3 is 0.750 bits per heavy atom. The first-order valence-electron chi connectivity index (χ1n) is 0. The van der Waals surface area contributed by atoms with Crippen molar-refractivity contribution < 1.29 is 0 Å². The SMILES string of the molecule is Cl.Cl.[BaH2].[PbH2]. The Labute approximate surface area is 98.5 Å². The standard InChI is InChI=1S/Ba.2ClH.Pb.4H/h;2*1H;;;;;. The molecule has 0 aliphatic heterocycles. The van der Waals surface area contributed by atoms with E-state index in [1.807, 2.05) is 0 Å². The molecular weight excluding hydrogens is 415 g/mol. The topological polar surface area (TPSA) is 0 Å². The summed E-state index contributed by atoms with van der Waals surface area (Å²) in [5, 5.41) is 0. The molecule has 2 radical (unpaired) electrons. The molecule has 0 aromatic carbocycles. The van der Waals surface area contributed by atoms with Crippen LogP contribution in [0.25, 0.3) is 0 Å². The van der Waals surface area contributed by atoms with Crippen molar-refractivity contribution in [2.24, 2.45) is 0 Å². The van der Waals surface area contributed by atoms with E-state index in [2.05, 4.69) is 0 Å². The molecule has 0 rings (SSSR count). The van der Waals surface area contributed by atoms with Crippen molar-refractivity contribution in [2.75, 3.05) is 0 Å². The number of hydrogen-bond donors (Lipinski definition) is 0. The van der Waals surface area contributed by atoms with E-state index in [4.69, 9.17) is 0 Å². The first kappa shape index (κ1) is 27.6. The van der Waals surface area contributed by atoms with Crippen molar-refractivity contribution in [3.63, 3.8) is 0 Å². The molecule has 0 amide bonds. The van der Waals surface area contributed by atoms with Gasteiger partial charge in [0.25, 0.3) is 0 Å². The van der Waals surface area contributed by atoms with E-state index in [9.17, 15) is 0 Å². The van der Waals surface area contributed by atoms with E-state index >= 15 is 0 Å². The van der Waals surface area contributed by atoms with Crippen LogP contribution in [0.15, 0.2) is 0 Å². The second-order valence-corrected chi connectivity index (χ2v) is 0. The Kier molecular flexibility index (Phi) is 114. The predicted octanol–water partition coefficient (Wildman–Crippen LogP) is -0.989. The quantitative estimate of drug-likeness (QED) is 0.441. The fraction of sp³-hybridized carbons (Fsp3) is 0. The molecular formula is H6BaCl2Pb. The van der Waals surface area contributed by atoms with Crippen LogP contribution in [-0.2, 0) is 0 Å². The molecule has 0 fully saturated rings. The second kappa shape index (κ2) is 16.5. The molecule has 4 heteroatoms. The summed E-state index contributed by atoms with van der Waals surface area (Å²) in [6.07, 6.45) is 0. The number of hydrogen-bond acceptors (Lipinski definition) is 0. The Hall–Kier alpha value is 3.07. The maximum absolute atomic E-state index is 0. The summed E-state index contributed by atoms with van der Waals surface area (Å²) in [5.41, 5.74) is 0. The third-order valence-corrected chi connectivity index (χ3v) is 0. The molecule has 0 unspecified atom stereocenters. The van der Waals surface area contributed by atoms with E-state index in [0.29, 0.717) is 0 Å². The average Bonchev–Trinajstić information content (AvgIpc) is 0. The predicted molar refractivity (Wildman–Crippen MR) is 31.6 cm³/mol. The molecule has 0 bridgehead atoms. The van der Waals surface area contributed by atoms with E-state index in [1.54, 1.807) is 0 Å². The van der Waals surface area contributed by atoms with Crippen LogP contribution in [0, 0.1) is 0 Å². The third-order valence-electron chi connectivity index (χ3n) is 0. The van der Waals surface area contributed by atoms with Crippen LogP contribution in [0.2, 0.25) is 0 Å². The van der Waals surface area contributed by atoms with Crippen molar-refractivity contribution >= 4 is 101 Å². The molecule has 0 aliphatic carbocycles. The van der Waals surface area contributed by atoms with Gasteiger partial charge in [-0.05, 0) is 0 Å². The molecule has 0 atom stereocenters. The van der Waals surface area contributed by atoms with Gasteiger partial charge in [-0.25, -0.2) is 0 Å². The van der Waals surface area contributed by atoms with Crippen molar-refractivity contribution in [2.45, 2.75) is 0 Å². The second-order valence-electron chi connectivity index (χ2n) is 0.